The number of aliphatic carboxylic acids is 1. The van der Waals surface area contributed by atoms with Crippen LogP contribution in [0.5, 0.6) is 0 Å². The van der Waals surface area contributed by atoms with Crippen molar-refractivity contribution in [3.63, 3.8) is 0 Å². The maximum Gasteiger partial charge on any atom is 0.303 e. The molecular formula is C11H23N3O3. The maximum atomic E-state index is 11.4. The summed E-state index contributed by atoms with van der Waals surface area (Å²) in [4.78, 5) is 23.8. The molecule has 0 heterocycles. The van der Waals surface area contributed by atoms with Crippen LogP contribution in [-0.4, -0.2) is 54.6 Å². The third-order valence-corrected chi connectivity index (χ3v) is 2.69. The molecule has 0 aromatic heterocycles. The van der Waals surface area contributed by atoms with Crippen molar-refractivity contribution in [3.05, 3.63) is 0 Å². The number of nitrogens with one attached hydrogen (secondary N) is 1. The molecule has 0 saturated carbocycles. The Kier molecular flexibility index (Phi) is 6.75. The first-order chi connectivity index (χ1) is 7.78. The maximum absolute atomic E-state index is 11.4. The van der Waals surface area contributed by atoms with Crippen LogP contribution >= 0.6 is 0 Å². The highest BCUT2D eigenvalue weighted by molar-refractivity contribution is 5.84. The molecule has 1 amide bonds. The van der Waals surface area contributed by atoms with Crippen LogP contribution in [-0.2, 0) is 9.59 Å². The van der Waals surface area contributed by atoms with Gasteiger partial charge in [0.2, 0.25) is 5.91 Å². The van der Waals surface area contributed by atoms with Gasteiger partial charge in [0.25, 0.3) is 0 Å². The van der Waals surface area contributed by atoms with E-state index in [1.165, 1.54) is 0 Å². The molecule has 6 nitrogen and oxygen atoms in total. The molecule has 0 fully saturated rings. The van der Waals surface area contributed by atoms with E-state index in [1.807, 2.05) is 19.0 Å². The number of carbonyl (C=O) groups is 2. The summed E-state index contributed by atoms with van der Waals surface area (Å²) in [5, 5.41) is 11.6. The van der Waals surface area contributed by atoms with E-state index in [0.717, 1.165) is 6.54 Å². The van der Waals surface area contributed by atoms with Gasteiger partial charge in [-0.15, -0.1) is 0 Å². The Bertz CT molecular complexity index is 269. The zero-order valence-electron chi connectivity index (χ0n) is 10.8. The van der Waals surface area contributed by atoms with Crippen LogP contribution in [0.4, 0.5) is 0 Å². The second kappa shape index (κ2) is 7.24. The Balaban J connectivity index is 4.16. The molecule has 0 aromatic rings. The minimum Gasteiger partial charge on any atom is -0.481 e. The highest BCUT2D eigenvalue weighted by atomic mass is 16.4. The van der Waals surface area contributed by atoms with Gasteiger partial charge in [0.05, 0.1) is 5.54 Å². The number of hydrogen-bond donors (Lipinski definition) is 3. The monoisotopic (exact) mass is 245 g/mol. The minimum absolute atomic E-state index is 0.0538. The highest BCUT2D eigenvalue weighted by Crippen LogP contribution is 2.13. The van der Waals surface area contributed by atoms with Gasteiger partial charge < -0.3 is 21.1 Å². The van der Waals surface area contributed by atoms with E-state index in [0.29, 0.717) is 19.4 Å². The second-order valence-electron chi connectivity index (χ2n) is 4.67. The van der Waals surface area contributed by atoms with Crippen LogP contribution in [0, 0.1) is 0 Å². The predicted molar refractivity (Wildman–Crippen MR) is 65.6 cm³/mol. The molecule has 0 aliphatic rings. The fourth-order valence-corrected chi connectivity index (χ4v) is 1.45. The summed E-state index contributed by atoms with van der Waals surface area (Å²) in [6, 6.07) is 0. The summed E-state index contributed by atoms with van der Waals surface area (Å²) in [6.45, 7) is 3.15. The zero-order valence-corrected chi connectivity index (χ0v) is 10.8. The number of primary amides is 1. The van der Waals surface area contributed by atoms with Crippen LogP contribution in [0.3, 0.4) is 0 Å². The molecular weight excluding hydrogens is 222 g/mol. The first-order valence-corrected chi connectivity index (χ1v) is 5.69. The Hall–Kier alpha value is -1.14. The molecule has 4 N–H and O–H groups in total. The SMILES string of the molecule is CN(C)CCNC(C)(CCCC(=O)O)C(N)=O. The number of rotatable bonds is 9. The average molecular weight is 245 g/mol. The van der Waals surface area contributed by atoms with E-state index in [-0.39, 0.29) is 6.42 Å². The topological polar surface area (TPSA) is 95.7 Å². The van der Waals surface area contributed by atoms with Crippen molar-refractivity contribution in [2.75, 3.05) is 27.2 Å². The van der Waals surface area contributed by atoms with Gasteiger partial charge in [0, 0.05) is 19.5 Å². The molecule has 0 saturated heterocycles. The van der Waals surface area contributed by atoms with E-state index >= 15 is 0 Å². The van der Waals surface area contributed by atoms with E-state index in [1.54, 1.807) is 6.92 Å². The lowest BCUT2D eigenvalue weighted by Crippen LogP contribution is -2.54. The minimum atomic E-state index is -0.856. The number of carboxylic acids is 1. The smallest absolute Gasteiger partial charge is 0.303 e. The van der Waals surface area contributed by atoms with Crippen LogP contribution in [0.2, 0.25) is 0 Å². The Morgan fingerprint density at radius 2 is 2.00 bits per heavy atom. The van der Waals surface area contributed by atoms with E-state index in [4.69, 9.17) is 10.8 Å². The fourth-order valence-electron chi connectivity index (χ4n) is 1.45. The lowest BCUT2D eigenvalue weighted by atomic mass is 9.94. The van der Waals surface area contributed by atoms with Gasteiger partial charge in [-0.3, -0.25) is 9.59 Å². The number of hydrogen-bond acceptors (Lipinski definition) is 4. The number of nitrogens with two attached hydrogens (primary N) is 1. The van der Waals surface area contributed by atoms with Crippen molar-refractivity contribution in [1.82, 2.24) is 10.2 Å². The van der Waals surface area contributed by atoms with Gasteiger partial charge in [0.1, 0.15) is 0 Å². The molecule has 1 unspecified atom stereocenters. The second-order valence-corrected chi connectivity index (χ2v) is 4.67. The molecule has 0 bridgehead atoms. The molecule has 0 aliphatic heterocycles. The third kappa shape index (κ3) is 6.91. The third-order valence-electron chi connectivity index (χ3n) is 2.69. The Morgan fingerprint density at radius 1 is 1.41 bits per heavy atom. The fraction of sp³-hybridized carbons (Fsp3) is 0.818. The molecule has 0 rings (SSSR count). The molecule has 0 spiro atoms. The molecule has 100 valence electrons. The van der Waals surface area contributed by atoms with E-state index < -0.39 is 17.4 Å². The number of amides is 1. The molecule has 6 heteroatoms. The molecule has 1 atom stereocenters. The number of carbonyl (C=O) groups excluding carboxylic acids is 1. The number of nitrogens with zero attached hydrogens (tertiary/aromatic N) is 1. The largest absolute Gasteiger partial charge is 0.481 e. The van der Waals surface area contributed by atoms with E-state index in [2.05, 4.69) is 5.32 Å². The molecule has 0 aromatic carbocycles. The summed E-state index contributed by atoms with van der Waals surface area (Å²) in [7, 11) is 3.88. The summed E-state index contributed by atoms with van der Waals surface area (Å²) < 4.78 is 0. The molecule has 0 aliphatic carbocycles. The lowest BCUT2D eigenvalue weighted by Gasteiger charge is -2.28. The quantitative estimate of drug-likeness (QED) is 0.515. The van der Waals surface area contributed by atoms with Gasteiger partial charge in [0.15, 0.2) is 0 Å². The average Bonchev–Trinajstić information content (AvgIpc) is 2.16. The van der Waals surface area contributed by atoms with Crippen molar-refractivity contribution in [2.45, 2.75) is 31.7 Å². The number of likely N-dealkylation sites (N-methyl/N-ethyl adjacent to an activating group) is 1. The van der Waals surface area contributed by atoms with Crippen LogP contribution < -0.4 is 11.1 Å². The normalized spacial score (nSPS) is 14.6. The standard InChI is InChI=1S/C11H23N3O3/c1-11(10(12)17,6-4-5-9(15)16)13-7-8-14(2)3/h13H,4-8H2,1-3H3,(H2,12,17)(H,15,16). The van der Waals surface area contributed by atoms with Crippen molar-refractivity contribution < 1.29 is 14.7 Å². The van der Waals surface area contributed by atoms with Gasteiger partial charge in [-0.1, -0.05) is 0 Å². The first-order valence-electron chi connectivity index (χ1n) is 5.69. The van der Waals surface area contributed by atoms with E-state index in [9.17, 15) is 9.59 Å². The summed E-state index contributed by atoms with van der Waals surface area (Å²) in [6.07, 6.45) is 0.921. The van der Waals surface area contributed by atoms with Gasteiger partial charge in [-0.25, -0.2) is 0 Å². The van der Waals surface area contributed by atoms with Gasteiger partial charge >= 0.3 is 5.97 Å². The molecule has 17 heavy (non-hydrogen) atoms. The number of carboxylic acid groups (broad SMARTS) is 1. The Labute approximate surface area is 102 Å². The van der Waals surface area contributed by atoms with Crippen LogP contribution in [0.1, 0.15) is 26.2 Å². The predicted octanol–water partition coefficient (Wildman–Crippen LogP) is -0.363. The van der Waals surface area contributed by atoms with Crippen molar-refractivity contribution >= 4 is 11.9 Å². The zero-order chi connectivity index (χ0) is 13.5. The first kappa shape index (κ1) is 15.9. The van der Waals surface area contributed by atoms with Gasteiger partial charge in [-0.05, 0) is 33.9 Å². The summed E-state index contributed by atoms with van der Waals surface area (Å²) in [5.74, 6) is -1.30. The van der Waals surface area contributed by atoms with Crippen LogP contribution in [0.25, 0.3) is 0 Å². The Morgan fingerprint density at radius 3 is 2.41 bits per heavy atom. The summed E-state index contributed by atoms with van der Waals surface area (Å²) in [5.41, 5.74) is 4.51. The lowest BCUT2D eigenvalue weighted by molar-refractivity contribution is -0.137. The highest BCUT2D eigenvalue weighted by Gasteiger charge is 2.29. The summed E-state index contributed by atoms with van der Waals surface area (Å²) >= 11 is 0. The van der Waals surface area contributed by atoms with Crippen LogP contribution in [0.15, 0.2) is 0 Å². The van der Waals surface area contributed by atoms with Gasteiger partial charge in [-0.2, -0.15) is 0 Å². The van der Waals surface area contributed by atoms with Crippen molar-refractivity contribution in [3.8, 4) is 0 Å². The molecule has 0 radical (unpaired) electrons. The van der Waals surface area contributed by atoms with Crippen molar-refractivity contribution in [1.29, 1.82) is 0 Å². The van der Waals surface area contributed by atoms with Crippen molar-refractivity contribution in [2.24, 2.45) is 5.73 Å².